The van der Waals surface area contributed by atoms with E-state index in [-0.39, 0.29) is 18.4 Å². The molecule has 3 rings (SSSR count). The lowest BCUT2D eigenvalue weighted by Gasteiger charge is -2.29. The first kappa shape index (κ1) is 15.6. The highest BCUT2D eigenvalue weighted by atomic mass is 16.6. The smallest absolute Gasteiger partial charge is 0.311 e. The third-order valence-corrected chi connectivity index (χ3v) is 4.92. The van der Waals surface area contributed by atoms with Gasteiger partial charge in [0, 0.05) is 13.1 Å². The topological polar surface area (TPSA) is 76.1 Å². The summed E-state index contributed by atoms with van der Waals surface area (Å²) in [5.41, 5.74) is -0.436. The number of carbonyl (C=O) groups is 2. The normalized spacial score (nSPS) is 23.2. The van der Waals surface area contributed by atoms with E-state index in [4.69, 9.17) is 9.47 Å². The maximum absolute atomic E-state index is 12.8. The summed E-state index contributed by atoms with van der Waals surface area (Å²) in [7, 11) is 0. The number of fused-ring (bicyclic) bond motifs is 1. The third-order valence-electron chi connectivity index (χ3n) is 4.92. The lowest BCUT2D eigenvalue weighted by molar-refractivity contribution is -0.150. The van der Waals surface area contributed by atoms with Crippen LogP contribution in [0, 0.1) is 11.3 Å². The van der Waals surface area contributed by atoms with Crippen molar-refractivity contribution in [3.05, 3.63) is 23.8 Å². The molecule has 2 heterocycles. The predicted molar refractivity (Wildman–Crippen MR) is 82.9 cm³/mol. The van der Waals surface area contributed by atoms with Gasteiger partial charge in [0.2, 0.25) is 0 Å². The molecule has 2 aliphatic heterocycles. The van der Waals surface area contributed by atoms with Gasteiger partial charge in [0.05, 0.1) is 11.0 Å². The Hall–Kier alpha value is -2.24. The number of amides is 1. The van der Waals surface area contributed by atoms with E-state index in [0.29, 0.717) is 43.2 Å². The lowest BCUT2D eigenvalue weighted by atomic mass is 9.76. The van der Waals surface area contributed by atoms with Crippen molar-refractivity contribution in [2.75, 3.05) is 26.3 Å². The van der Waals surface area contributed by atoms with E-state index < -0.39 is 11.4 Å². The van der Waals surface area contributed by atoms with Gasteiger partial charge in [-0.3, -0.25) is 9.59 Å². The molecule has 1 saturated heterocycles. The summed E-state index contributed by atoms with van der Waals surface area (Å²) >= 11 is 0. The first-order valence-electron chi connectivity index (χ1n) is 7.87. The monoisotopic (exact) mass is 319 g/mol. The Balaban J connectivity index is 1.87. The molecule has 1 atom stereocenters. The number of aliphatic carboxylic acids is 1. The van der Waals surface area contributed by atoms with Crippen LogP contribution in [0.25, 0.3) is 0 Å². The molecule has 0 aliphatic carbocycles. The van der Waals surface area contributed by atoms with E-state index in [2.05, 4.69) is 0 Å². The van der Waals surface area contributed by atoms with Crippen molar-refractivity contribution >= 4 is 11.9 Å². The molecule has 6 heteroatoms. The Morgan fingerprint density at radius 2 is 2.00 bits per heavy atom. The highest BCUT2D eigenvalue weighted by molar-refractivity contribution is 5.98. The van der Waals surface area contributed by atoms with Gasteiger partial charge >= 0.3 is 5.97 Å². The molecular weight excluding hydrogens is 298 g/mol. The van der Waals surface area contributed by atoms with Crippen molar-refractivity contribution in [1.29, 1.82) is 0 Å². The van der Waals surface area contributed by atoms with Gasteiger partial charge < -0.3 is 19.5 Å². The average Bonchev–Trinajstić information content (AvgIpc) is 3.00. The second-order valence-corrected chi connectivity index (χ2v) is 6.42. The number of ether oxygens (including phenoxy) is 2. The first-order chi connectivity index (χ1) is 11.0. The van der Waals surface area contributed by atoms with Gasteiger partial charge in [0.1, 0.15) is 13.2 Å². The number of hydrogen-bond acceptors (Lipinski definition) is 4. The largest absolute Gasteiger partial charge is 0.486 e. The summed E-state index contributed by atoms with van der Waals surface area (Å²) in [6.07, 6.45) is 0.470. The van der Waals surface area contributed by atoms with Crippen molar-refractivity contribution in [2.24, 2.45) is 11.3 Å². The summed E-state index contributed by atoms with van der Waals surface area (Å²) in [6.45, 7) is 5.32. The molecule has 124 valence electrons. The summed E-state index contributed by atoms with van der Waals surface area (Å²) in [4.78, 5) is 26.2. The van der Waals surface area contributed by atoms with Crippen LogP contribution in [0.2, 0.25) is 0 Å². The second-order valence-electron chi connectivity index (χ2n) is 6.42. The van der Waals surface area contributed by atoms with E-state index in [0.717, 1.165) is 0 Å². The summed E-state index contributed by atoms with van der Waals surface area (Å²) in [5.74, 6) is -0.0496. The molecule has 1 aromatic carbocycles. The fraction of sp³-hybridized carbons (Fsp3) is 0.529. The predicted octanol–water partition coefficient (Wildman–Crippen LogP) is 2.03. The Morgan fingerprint density at radius 1 is 1.26 bits per heavy atom. The molecule has 1 amide bonds. The lowest BCUT2D eigenvalue weighted by Crippen LogP contribution is -2.40. The molecule has 6 nitrogen and oxygen atoms in total. The number of carbonyl (C=O) groups excluding carboxylic acids is 1. The van der Waals surface area contributed by atoms with Crippen LogP contribution >= 0.6 is 0 Å². The number of hydrogen-bond donors (Lipinski definition) is 1. The fourth-order valence-corrected chi connectivity index (χ4v) is 3.31. The molecule has 1 unspecified atom stereocenters. The van der Waals surface area contributed by atoms with E-state index in [9.17, 15) is 14.7 Å². The van der Waals surface area contributed by atoms with E-state index in [1.54, 1.807) is 23.1 Å². The van der Waals surface area contributed by atoms with Crippen LogP contribution in [0.15, 0.2) is 18.2 Å². The summed E-state index contributed by atoms with van der Waals surface area (Å²) in [6, 6.07) is 5.22. The van der Waals surface area contributed by atoms with Crippen molar-refractivity contribution in [3.8, 4) is 11.5 Å². The minimum Gasteiger partial charge on any atom is -0.486 e. The van der Waals surface area contributed by atoms with Crippen LogP contribution in [0.3, 0.4) is 0 Å². The van der Waals surface area contributed by atoms with Crippen LogP contribution in [-0.2, 0) is 4.79 Å². The number of rotatable bonds is 3. The Labute approximate surface area is 135 Å². The highest BCUT2D eigenvalue weighted by Gasteiger charge is 2.48. The van der Waals surface area contributed by atoms with Gasteiger partial charge in [-0.15, -0.1) is 0 Å². The van der Waals surface area contributed by atoms with Crippen LogP contribution in [0.5, 0.6) is 11.5 Å². The number of benzene rings is 1. The van der Waals surface area contributed by atoms with Crippen molar-refractivity contribution < 1.29 is 24.2 Å². The summed E-state index contributed by atoms with van der Waals surface area (Å²) in [5, 5.41) is 9.61. The molecule has 0 spiro atoms. The molecule has 0 radical (unpaired) electrons. The van der Waals surface area contributed by atoms with Crippen LogP contribution in [0.1, 0.15) is 30.6 Å². The standard InChI is InChI=1S/C17H21NO5/c1-11(2)17(16(20)21)6-7-18(10-17)15(19)12-4-3-5-13-14(12)23-9-8-22-13/h3-5,11H,6-10H2,1-2H3,(H,20,21). The zero-order valence-electron chi connectivity index (χ0n) is 13.4. The van der Waals surface area contributed by atoms with E-state index in [1.807, 2.05) is 13.8 Å². The van der Waals surface area contributed by atoms with Gasteiger partial charge in [-0.05, 0) is 24.5 Å². The minimum absolute atomic E-state index is 0.0397. The molecule has 0 bridgehead atoms. The summed E-state index contributed by atoms with van der Waals surface area (Å²) < 4.78 is 11.1. The maximum atomic E-state index is 12.8. The first-order valence-corrected chi connectivity index (χ1v) is 7.87. The van der Waals surface area contributed by atoms with Crippen molar-refractivity contribution in [3.63, 3.8) is 0 Å². The van der Waals surface area contributed by atoms with Gasteiger partial charge in [0.15, 0.2) is 11.5 Å². The van der Waals surface area contributed by atoms with E-state index >= 15 is 0 Å². The Bertz CT molecular complexity index is 642. The van der Waals surface area contributed by atoms with Gasteiger partial charge in [-0.25, -0.2) is 0 Å². The van der Waals surface area contributed by atoms with Crippen LogP contribution < -0.4 is 9.47 Å². The molecule has 23 heavy (non-hydrogen) atoms. The third kappa shape index (κ3) is 2.52. The molecule has 2 aliphatic rings. The number of carboxylic acid groups (broad SMARTS) is 1. The van der Waals surface area contributed by atoms with Gasteiger partial charge in [-0.1, -0.05) is 19.9 Å². The quantitative estimate of drug-likeness (QED) is 0.922. The van der Waals surface area contributed by atoms with Crippen LogP contribution in [-0.4, -0.2) is 48.2 Å². The molecular formula is C17H21NO5. The number of nitrogens with zero attached hydrogens (tertiary/aromatic N) is 1. The minimum atomic E-state index is -0.873. The van der Waals surface area contributed by atoms with E-state index in [1.165, 1.54) is 0 Å². The van der Waals surface area contributed by atoms with Crippen LogP contribution in [0.4, 0.5) is 0 Å². The van der Waals surface area contributed by atoms with Crippen molar-refractivity contribution in [1.82, 2.24) is 4.90 Å². The Morgan fingerprint density at radius 3 is 2.65 bits per heavy atom. The zero-order valence-corrected chi connectivity index (χ0v) is 13.4. The molecule has 1 fully saturated rings. The van der Waals surface area contributed by atoms with Gasteiger partial charge in [0.25, 0.3) is 5.91 Å². The van der Waals surface area contributed by atoms with Crippen molar-refractivity contribution in [2.45, 2.75) is 20.3 Å². The molecule has 1 aromatic rings. The SMILES string of the molecule is CC(C)C1(C(=O)O)CCN(C(=O)c2cccc3c2OCCO3)C1. The second kappa shape index (κ2) is 5.76. The molecule has 0 aromatic heterocycles. The maximum Gasteiger partial charge on any atom is 0.311 e. The molecule has 1 N–H and O–H groups in total. The number of para-hydroxylation sites is 1. The Kier molecular flexibility index (Phi) is 3.92. The molecule has 0 saturated carbocycles. The van der Waals surface area contributed by atoms with Gasteiger partial charge in [-0.2, -0.15) is 0 Å². The highest BCUT2D eigenvalue weighted by Crippen LogP contribution is 2.40. The number of likely N-dealkylation sites (tertiary alicyclic amines) is 1. The average molecular weight is 319 g/mol. The zero-order chi connectivity index (χ0) is 16.6. The number of carboxylic acids is 1. The fourth-order valence-electron chi connectivity index (χ4n) is 3.31.